The highest BCUT2D eigenvalue weighted by Gasteiger charge is 2.37. The molecule has 0 aromatic heterocycles. The van der Waals surface area contributed by atoms with E-state index in [1.165, 1.54) is 6.42 Å². The van der Waals surface area contributed by atoms with Crippen LogP contribution in [0.3, 0.4) is 0 Å². The van der Waals surface area contributed by atoms with Crippen LogP contribution in [0.25, 0.3) is 0 Å². The molecule has 2 amide bonds. The molecule has 0 aromatic rings. The van der Waals surface area contributed by atoms with Gasteiger partial charge in [-0.1, -0.05) is 0 Å². The first-order chi connectivity index (χ1) is 7.99. The summed E-state index contributed by atoms with van der Waals surface area (Å²) < 4.78 is 5.43. The molecule has 0 spiro atoms. The van der Waals surface area contributed by atoms with E-state index in [4.69, 9.17) is 9.84 Å². The van der Waals surface area contributed by atoms with Crippen LogP contribution >= 0.6 is 0 Å². The van der Waals surface area contributed by atoms with Gasteiger partial charge in [0.05, 0.1) is 11.7 Å². The lowest BCUT2D eigenvalue weighted by Gasteiger charge is -2.40. The number of hydrogen-bond donors (Lipinski definition) is 2. The molecular weight excluding hydrogens is 220 g/mol. The smallest absolute Gasteiger partial charge is 0.317 e. The summed E-state index contributed by atoms with van der Waals surface area (Å²) in [6.45, 7) is 2.85. The van der Waals surface area contributed by atoms with Gasteiger partial charge in [-0.15, -0.1) is 0 Å². The van der Waals surface area contributed by atoms with E-state index in [2.05, 4.69) is 5.32 Å². The maximum absolute atomic E-state index is 11.7. The van der Waals surface area contributed by atoms with Gasteiger partial charge in [0.25, 0.3) is 0 Å². The van der Waals surface area contributed by atoms with Crippen LogP contribution < -0.4 is 5.32 Å². The van der Waals surface area contributed by atoms with Gasteiger partial charge in [0, 0.05) is 27.2 Å². The van der Waals surface area contributed by atoms with Gasteiger partial charge >= 0.3 is 6.03 Å². The van der Waals surface area contributed by atoms with Gasteiger partial charge in [-0.2, -0.15) is 0 Å². The van der Waals surface area contributed by atoms with E-state index in [-0.39, 0.29) is 17.7 Å². The molecule has 17 heavy (non-hydrogen) atoms. The quantitative estimate of drug-likeness (QED) is 0.732. The summed E-state index contributed by atoms with van der Waals surface area (Å²) in [4.78, 5) is 13.3. The van der Waals surface area contributed by atoms with Crippen LogP contribution in [0.15, 0.2) is 0 Å². The molecule has 1 rings (SSSR count). The minimum absolute atomic E-state index is 0.103. The maximum atomic E-state index is 11.7. The van der Waals surface area contributed by atoms with Gasteiger partial charge in [0.1, 0.15) is 0 Å². The zero-order valence-electron chi connectivity index (χ0n) is 11.0. The number of hydrogen-bond acceptors (Lipinski definition) is 3. The summed E-state index contributed by atoms with van der Waals surface area (Å²) in [6, 6.07) is -0.103. The molecule has 0 radical (unpaired) electrons. The highest BCUT2D eigenvalue weighted by atomic mass is 16.5. The van der Waals surface area contributed by atoms with Crippen molar-refractivity contribution >= 4 is 6.03 Å². The monoisotopic (exact) mass is 244 g/mol. The van der Waals surface area contributed by atoms with E-state index in [1.807, 2.05) is 0 Å². The lowest BCUT2D eigenvalue weighted by atomic mass is 9.80. The van der Waals surface area contributed by atoms with Crippen LogP contribution in [0.4, 0.5) is 4.79 Å². The van der Waals surface area contributed by atoms with Crippen molar-refractivity contribution in [3.8, 4) is 0 Å². The molecule has 0 bridgehead atoms. The highest BCUT2D eigenvalue weighted by Crippen LogP contribution is 2.34. The Labute approximate surface area is 103 Å². The average molecular weight is 244 g/mol. The third kappa shape index (κ3) is 4.16. The van der Waals surface area contributed by atoms with Crippen LogP contribution in [-0.4, -0.2) is 55.0 Å². The summed E-state index contributed by atoms with van der Waals surface area (Å²) >= 11 is 0. The van der Waals surface area contributed by atoms with Gasteiger partial charge in [-0.05, 0) is 32.6 Å². The summed E-state index contributed by atoms with van der Waals surface area (Å²) in [6.07, 6.45) is 3.42. The molecule has 0 aliphatic heterocycles. The Morgan fingerprint density at radius 1 is 1.59 bits per heavy atom. The number of nitrogens with zero attached hydrogens (tertiary/aromatic N) is 1. The molecule has 0 aromatic carbocycles. The van der Waals surface area contributed by atoms with Gasteiger partial charge in [-0.25, -0.2) is 4.79 Å². The normalized spacial score (nSPS) is 19.3. The molecule has 5 nitrogen and oxygen atoms in total. The number of aliphatic hydroxyl groups is 1. The number of carbonyl (C=O) groups excluding carboxylic acids is 1. The molecule has 1 saturated carbocycles. The number of rotatable bonds is 6. The second-order valence-corrected chi connectivity index (χ2v) is 4.96. The first-order valence-corrected chi connectivity index (χ1v) is 6.21. The van der Waals surface area contributed by atoms with E-state index in [0.29, 0.717) is 19.5 Å². The number of ether oxygens (including phenoxy) is 1. The molecule has 1 aliphatic rings. The zero-order chi connectivity index (χ0) is 12.9. The molecule has 0 heterocycles. The number of urea groups is 1. The second kappa shape index (κ2) is 6.21. The van der Waals surface area contributed by atoms with Crippen molar-refractivity contribution in [2.24, 2.45) is 0 Å². The number of aliphatic hydroxyl groups excluding tert-OH is 1. The third-order valence-electron chi connectivity index (χ3n) is 3.49. The number of methoxy groups -OCH3 is 1. The van der Waals surface area contributed by atoms with E-state index < -0.39 is 0 Å². The van der Waals surface area contributed by atoms with Gasteiger partial charge in [0.15, 0.2) is 0 Å². The predicted molar refractivity (Wildman–Crippen MR) is 65.9 cm³/mol. The van der Waals surface area contributed by atoms with Crippen LogP contribution in [0.5, 0.6) is 0 Å². The standard InChI is InChI=1S/C12H24N2O3/c1-10(15)5-8-14(2)11(16)13-9-12(17-3)6-4-7-12/h10,15H,4-9H2,1-3H3,(H,13,16). The third-order valence-corrected chi connectivity index (χ3v) is 3.49. The molecule has 1 atom stereocenters. The lowest BCUT2D eigenvalue weighted by Crippen LogP contribution is -2.51. The van der Waals surface area contributed by atoms with Gasteiger partial charge in [0.2, 0.25) is 0 Å². The number of carbonyl (C=O) groups is 1. The van der Waals surface area contributed by atoms with Crippen LogP contribution in [0, 0.1) is 0 Å². The summed E-state index contributed by atoms with van der Waals surface area (Å²) in [7, 11) is 3.43. The van der Waals surface area contributed by atoms with Crippen molar-refractivity contribution in [2.45, 2.75) is 44.3 Å². The van der Waals surface area contributed by atoms with E-state index in [1.54, 1.807) is 26.0 Å². The largest absolute Gasteiger partial charge is 0.393 e. The summed E-state index contributed by atoms with van der Waals surface area (Å²) in [5.74, 6) is 0. The average Bonchev–Trinajstić information content (AvgIpc) is 2.24. The fraction of sp³-hybridized carbons (Fsp3) is 0.917. The maximum Gasteiger partial charge on any atom is 0.317 e. The van der Waals surface area contributed by atoms with Gasteiger partial charge in [-0.3, -0.25) is 0 Å². The summed E-state index contributed by atoms with van der Waals surface area (Å²) in [5, 5.41) is 12.0. The van der Waals surface area contributed by atoms with E-state index in [0.717, 1.165) is 12.8 Å². The van der Waals surface area contributed by atoms with Crippen molar-refractivity contribution in [3.05, 3.63) is 0 Å². The zero-order valence-corrected chi connectivity index (χ0v) is 11.0. The Hall–Kier alpha value is -0.810. The molecule has 1 aliphatic carbocycles. The Kier molecular flexibility index (Phi) is 5.21. The molecule has 0 saturated heterocycles. The van der Waals surface area contributed by atoms with Crippen molar-refractivity contribution < 1.29 is 14.6 Å². The molecule has 1 unspecified atom stereocenters. The Morgan fingerprint density at radius 3 is 2.65 bits per heavy atom. The first kappa shape index (κ1) is 14.3. The number of nitrogens with one attached hydrogen (secondary N) is 1. The predicted octanol–water partition coefficient (Wildman–Crippen LogP) is 0.968. The molecular formula is C12H24N2O3. The van der Waals surface area contributed by atoms with Crippen LogP contribution in [0.2, 0.25) is 0 Å². The highest BCUT2D eigenvalue weighted by molar-refractivity contribution is 5.73. The first-order valence-electron chi connectivity index (χ1n) is 6.21. The fourth-order valence-electron chi connectivity index (χ4n) is 1.88. The Bertz CT molecular complexity index is 247. The summed E-state index contributed by atoms with van der Waals surface area (Å²) in [5.41, 5.74) is -0.138. The molecule has 2 N–H and O–H groups in total. The SMILES string of the molecule is COC1(CNC(=O)N(C)CCC(C)O)CCC1. The van der Waals surface area contributed by atoms with Gasteiger partial charge < -0.3 is 20.1 Å². The van der Waals surface area contributed by atoms with Crippen molar-refractivity contribution in [1.29, 1.82) is 0 Å². The Morgan fingerprint density at radius 2 is 2.24 bits per heavy atom. The van der Waals surface area contributed by atoms with E-state index >= 15 is 0 Å². The van der Waals surface area contributed by atoms with Crippen molar-refractivity contribution in [1.82, 2.24) is 10.2 Å². The van der Waals surface area contributed by atoms with Crippen LogP contribution in [0.1, 0.15) is 32.6 Å². The molecule has 100 valence electrons. The number of amides is 2. The minimum Gasteiger partial charge on any atom is -0.393 e. The van der Waals surface area contributed by atoms with Crippen LogP contribution in [-0.2, 0) is 4.74 Å². The van der Waals surface area contributed by atoms with E-state index in [9.17, 15) is 4.79 Å². The second-order valence-electron chi connectivity index (χ2n) is 4.96. The van der Waals surface area contributed by atoms with Crippen molar-refractivity contribution in [3.63, 3.8) is 0 Å². The minimum atomic E-state index is -0.373. The molecule has 5 heteroatoms. The topological polar surface area (TPSA) is 61.8 Å². The Balaban J connectivity index is 2.24. The van der Waals surface area contributed by atoms with Crippen molar-refractivity contribution in [2.75, 3.05) is 27.2 Å². The molecule has 1 fully saturated rings. The lowest BCUT2D eigenvalue weighted by molar-refractivity contribution is -0.0678. The fourth-order valence-corrected chi connectivity index (χ4v) is 1.88.